The van der Waals surface area contributed by atoms with Crippen molar-refractivity contribution >= 4 is 11.6 Å². The molecule has 0 radical (unpaired) electrons. The Hall–Kier alpha value is -2.20. The lowest BCUT2D eigenvalue weighted by atomic mass is 9.88. The molecule has 2 heterocycles. The van der Waals surface area contributed by atoms with E-state index in [9.17, 15) is 9.18 Å². The van der Waals surface area contributed by atoms with E-state index in [1.54, 1.807) is 18.2 Å². The van der Waals surface area contributed by atoms with Gasteiger partial charge in [0.15, 0.2) is 0 Å². The molecule has 0 aliphatic carbocycles. The summed E-state index contributed by atoms with van der Waals surface area (Å²) >= 11 is 0. The number of nitrogens with zero attached hydrogens (tertiary/aromatic N) is 2. The van der Waals surface area contributed by atoms with Gasteiger partial charge in [0.2, 0.25) is 0 Å². The molecule has 1 fully saturated rings. The summed E-state index contributed by atoms with van der Waals surface area (Å²) in [5, 5.41) is 0. The van der Waals surface area contributed by atoms with Crippen LogP contribution in [0, 0.1) is 12.7 Å². The number of piperidine rings is 1. The van der Waals surface area contributed by atoms with Gasteiger partial charge in [0.1, 0.15) is 5.82 Å². The molecular weight excluding hydrogens is 303 g/mol. The fraction of sp³-hybridized carbons (Fsp3) is 0.350. The number of likely N-dealkylation sites (tertiary alicyclic amines) is 1. The summed E-state index contributed by atoms with van der Waals surface area (Å²) in [6.07, 6.45) is 0.912. The molecule has 4 heteroatoms. The van der Waals surface area contributed by atoms with Crippen LogP contribution in [0.15, 0.2) is 42.5 Å². The van der Waals surface area contributed by atoms with Crippen LogP contribution in [-0.4, -0.2) is 37.0 Å². The molecule has 4 rings (SSSR count). The van der Waals surface area contributed by atoms with Gasteiger partial charge in [-0.1, -0.05) is 29.8 Å². The zero-order valence-corrected chi connectivity index (χ0v) is 14.0. The summed E-state index contributed by atoms with van der Waals surface area (Å²) in [5.74, 6) is -0.378. The van der Waals surface area contributed by atoms with Crippen LogP contribution in [0.25, 0.3) is 0 Å². The van der Waals surface area contributed by atoms with E-state index >= 15 is 0 Å². The van der Waals surface area contributed by atoms with Crippen LogP contribution in [0.3, 0.4) is 0 Å². The van der Waals surface area contributed by atoms with Crippen molar-refractivity contribution in [1.82, 2.24) is 4.90 Å². The van der Waals surface area contributed by atoms with Gasteiger partial charge in [-0.25, -0.2) is 4.39 Å². The largest absolute Gasteiger partial charge is 0.306 e. The fourth-order valence-corrected chi connectivity index (χ4v) is 4.11. The second kappa shape index (κ2) is 5.71. The Morgan fingerprint density at radius 2 is 2.00 bits per heavy atom. The highest BCUT2D eigenvalue weighted by Crippen LogP contribution is 2.45. The average Bonchev–Trinajstić information content (AvgIpc) is 2.88. The first-order chi connectivity index (χ1) is 11.6. The minimum Gasteiger partial charge on any atom is -0.306 e. The molecule has 1 saturated heterocycles. The molecule has 2 aromatic carbocycles. The Morgan fingerprint density at radius 3 is 2.79 bits per heavy atom. The Labute approximate surface area is 141 Å². The number of hydrogen-bond acceptors (Lipinski definition) is 2. The lowest BCUT2D eigenvalue weighted by Crippen LogP contribution is -2.47. The van der Waals surface area contributed by atoms with Crippen molar-refractivity contribution in [2.75, 3.05) is 25.0 Å². The number of aryl methyl sites for hydroxylation is 1. The number of carbonyl (C=O) groups excluding carboxylic acids is 1. The SMILES string of the molecule is Cc1ccc2c(c1)[C@H]1CN(C)CC[C@H]1N2C(=O)c1ccccc1F. The van der Waals surface area contributed by atoms with Crippen molar-refractivity contribution in [3.8, 4) is 0 Å². The van der Waals surface area contributed by atoms with Crippen LogP contribution in [-0.2, 0) is 0 Å². The molecule has 24 heavy (non-hydrogen) atoms. The van der Waals surface area contributed by atoms with E-state index < -0.39 is 5.82 Å². The first-order valence-electron chi connectivity index (χ1n) is 8.43. The van der Waals surface area contributed by atoms with Gasteiger partial charge >= 0.3 is 0 Å². The van der Waals surface area contributed by atoms with Crippen LogP contribution in [0.5, 0.6) is 0 Å². The molecule has 1 amide bonds. The third-order valence-corrected chi connectivity index (χ3v) is 5.28. The van der Waals surface area contributed by atoms with Gasteiger partial charge in [-0.3, -0.25) is 4.79 Å². The molecule has 2 atom stereocenters. The van der Waals surface area contributed by atoms with Crippen molar-refractivity contribution in [2.24, 2.45) is 0 Å². The highest BCUT2D eigenvalue weighted by atomic mass is 19.1. The third kappa shape index (κ3) is 2.33. The van der Waals surface area contributed by atoms with Crippen LogP contribution in [0.1, 0.15) is 33.8 Å². The van der Waals surface area contributed by atoms with E-state index in [0.717, 1.165) is 25.2 Å². The summed E-state index contributed by atoms with van der Waals surface area (Å²) in [7, 11) is 2.12. The highest BCUT2D eigenvalue weighted by Gasteiger charge is 2.44. The second-order valence-corrected chi connectivity index (χ2v) is 6.94. The van der Waals surface area contributed by atoms with Crippen molar-refractivity contribution in [2.45, 2.75) is 25.3 Å². The van der Waals surface area contributed by atoms with Crippen molar-refractivity contribution in [1.29, 1.82) is 0 Å². The third-order valence-electron chi connectivity index (χ3n) is 5.28. The van der Waals surface area contributed by atoms with Gasteiger partial charge in [-0.15, -0.1) is 0 Å². The summed E-state index contributed by atoms with van der Waals surface area (Å²) in [6, 6.07) is 12.6. The fourth-order valence-electron chi connectivity index (χ4n) is 4.11. The zero-order valence-electron chi connectivity index (χ0n) is 14.0. The van der Waals surface area contributed by atoms with Crippen molar-refractivity contribution in [3.63, 3.8) is 0 Å². The molecule has 2 aliphatic rings. The number of amides is 1. The molecule has 0 N–H and O–H groups in total. The van der Waals surface area contributed by atoms with Gasteiger partial charge in [0.25, 0.3) is 5.91 Å². The molecule has 2 aliphatic heterocycles. The summed E-state index contributed by atoms with van der Waals surface area (Å²) in [5.41, 5.74) is 3.51. The second-order valence-electron chi connectivity index (χ2n) is 6.94. The molecule has 2 aromatic rings. The molecule has 3 nitrogen and oxygen atoms in total. The van der Waals surface area contributed by atoms with E-state index in [1.807, 2.05) is 17.0 Å². The maximum atomic E-state index is 14.2. The van der Waals surface area contributed by atoms with Crippen LogP contribution in [0.2, 0.25) is 0 Å². The van der Waals surface area contributed by atoms with Gasteiger partial charge in [-0.05, 0) is 50.7 Å². The maximum Gasteiger partial charge on any atom is 0.261 e. The molecule has 0 spiro atoms. The van der Waals surface area contributed by atoms with Gasteiger partial charge in [0, 0.05) is 24.2 Å². The first kappa shape index (κ1) is 15.3. The number of anilines is 1. The number of rotatable bonds is 1. The minimum atomic E-state index is -0.451. The summed E-state index contributed by atoms with van der Waals surface area (Å²) < 4.78 is 14.2. The molecule has 0 bridgehead atoms. The van der Waals surface area contributed by atoms with Gasteiger partial charge in [0.05, 0.1) is 5.56 Å². The zero-order chi connectivity index (χ0) is 16.8. The average molecular weight is 324 g/mol. The number of halogens is 1. The molecular formula is C20H21FN2O. The minimum absolute atomic E-state index is 0.116. The molecule has 0 aromatic heterocycles. The monoisotopic (exact) mass is 324 g/mol. The standard InChI is InChI=1S/C20H21FN2O/c1-13-7-8-18-15(11-13)16-12-22(2)10-9-19(16)23(18)20(24)14-5-3-4-6-17(14)21/h3-8,11,16,19H,9-10,12H2,1-2H3/t16-,19-/m1/s1. The quantitative estimate of drug-likeness (QED) is 0.800. The van der Waals surface area contributed by atoms with E-state index in [4.69, 9.17) is 0 Å². The van der Waals surface area contributed by atoms with E-state index in [-0.39, 0.29) is 17.5 Å². The summed E-state index contributed by atoms with van der Waals surface area (Å²) in [6.45, 7) is 3.96. The number of benzene rings is 2. The van der Waals surface area contributed by atoms with E-state index in [0.29, 0.717) is 5.92 Å². The van der Waals surface area contributed by atoms with Crippen LogP contribution < -0.4 is 4.90 Å². The van der Waals surface area contributed by atoms with Crippen molar-refractivity contribution in [3.05, 3.63) is 65.0 Å². The topological polar surface area (TPSA) is 23.6 Å². The van der Waals surface area contributed by atoms with Gasteiger partial charge < -0.3 is 9.80 Å². The smallest absolute Gasteiger partial charge is 0.261 e. The highest BCUT2D eigenvalue weighted by molar-refractivity contribution is 6.08. The lowest BCUT2D eigenvalue weighted by Gasteiger charge is -2.36. The first-order valence-corrected chi connectivity index (χ1v) is 8.43. The molecule has 124 valence electrons. The molecule has 0 unspecified atom stereocenters. The van der Waals surface area contributed by atoms with Crippen LogP contribution in [0.4, 0.5) is 10.1 Å². The summed E-state index contributed by atoms with van der Waals surface area (Å²) in [4.78, 5) is 17.3. The predicted octanol–water partition coefficient (Wildman–Crippen LogP) is 3.58. The lowest BCUT2D eigenvalue weighted by molar-refractivity contribution is 0.0961. The maximum absolute atomic E-state index is 14.2. The number of carbonyl (C=O) groups is 1. The van der Waals surface area contributed by atoms with Crippen LogP contribution >= 0.6 is 0 Å². The molecule has 0 saturated carbocycles. The number of fused-ring (bicyclic) bond motifs is 3. The van der Waals surface area contributed by atoms with E-state index in [1.165, 1.54) is 17.2 Å². The Kier molecular flexibility index (Phi) is 3.65. The normalized spacial score (nSPS) is 23.0. The van der Waals surface area contributed by atoms with E-state index in [2.05, 4.69) is 24.9 Å². The van der Waals surface area contributed by atoms with Crippen molar-refractivity contribution < 1.29 is 9.18 Å². The Morgan fingerprint density at radius 1 is 1.21 bits per heavy atom. The predicted molar refractivity (Wildman–Crippen MR) is 93.0 cm³/mol. The number of hydrogen-bond donors (Lipinski definition) is 0. The number of likely N-dealkylation sites (N-methyl/N-ethyl adjacent to an activating group) is 1. The Balaban J connectivity index is 1.81. The van der Waals surface area contributed by atoms with Gasteiger partial charge in [-0.2, -0.15) is 0 Å². The Bertz CT molecular complexity index is 804.